The lowest BCUT2D eigenvalue weighted by atomic mass is 9.89. The van der Waals surface area contributed by atoms with Gasteiger partial charge in [-0.1, -0.05) is 83.1 Å². The van der Waals surface area contributed by atoms with E-state index in [1.165, 1.54) is 21.8 Å². The minimum absolute atomic E-state index is 0.0194. The minimum atomic E-state index is -4.37. The number of nitrogens with two attached hydrogens (primary N) is 2. The van der Waals surface area contributed by atoms with Gasteiger partial charge in [-0.05, 0) is 72.5 Å². The number of rotatable bonds is 12. The van der Waals surface area contributed by atoms with Crippen LogP contribution in [0.3, 0.4) is 0 Å². The molecular formula is C43H78N6O13S2Si4. The van der Waals surface area contributed by atoms with Gasteiger partial charge in [0.1, 0.15) is 37.1 Å². The summed E-state index contributed by atoms with van der Waals surface area (Å²) in [6.45, 7) is 40.7. The number of fused-ring (bicyclic) bond motifs is 1. The summed E-state index contributed by atoms with van der Waals surface area (Å²) < 4.78 is 110. The second-order valence-corrected chi connectivity index (χ2v) is 46.8. The zero-order valence-electron chi connectivity index (χ0n) is 43.8. The number of hydrogen-bond acceptors (Lipinski definition) is 17. The molecule has 6 rings (SSSR count). The number of aromatic nitrogens is 4. The van der Waals surface area contributed by atoms with Crippen LogP contribution in [0.1, 0.15) is 95.5 Å². The molecule has 6 heterocycles. The average Bonchev–Trinajstić information content (AvgIpc) is 3.89. The molecule has 4 aliphatic rings. The standard InChI is InChI=1S/C43H78N6O13S2Si4/c1-38(2,3)65(13,14)55-21-29-42(27(44)23-63(51,52)61-42)32(59-67(17,18)40(7,8)9)36(57-29)48-25-46-34-31(48)35(50)49(26-47-34)37-33(60-68(19,20)41(10,11)12)43(28(45)24-64(53,54)62-43)30(58-37)22-56-66(15,16)39(4,5)6/h23-26,29-30,32-33,36-37H,21-22,44-45H2,1-20H3/t29-,30-,32+,33+,36-,37-,42-,43-/m1/s1. The molecule has 0 unspecified atom stereocenters. The summed E-state index contributed by atoms with van der Waals surface area (Å²) in [6.07, 6.45) is -4.94. The molecule has 19 nitrogen and oxygen atoms in total. The van der Waals surface area contributed by atoms with Crippen molar-refractivity contribution < 1.29 is 52.4 Å². The Hall–Kier alpha value is -2.12. The van der Waals surface area contributed by atoms with Crippen molar-refractivity contribution in [3.05, 3.63) is 45.2 Å². The second-order valence-electron chi connectivity index (χ2n) is 24.9. The topological polar surface area (TPSA) is 247 Å². The van der Waals surface area contributed by atoms with Crippen molar-refractivity contribution >= 4 is 64.7 Å². The van der Waals surface area contributed by atoms with Crippen LogP contribution in [0.15, 0.2) is 39.7 Å². The maximum Gasteiger partial charge on any atom is 0.292 e. The number of nitrogens with zero attached hydrogens (tertiary/aromatic N) is 4. The van der Waals surface area contributed by atoms with Gasteiger partial charge in [0, 0.05) is 0 Å². The Morgan fingerprint density at radius 1 is 0.588 bits per heavy atom. The third-order valence-corrected chi connectivity index (χ3v) is 36.2. The zero-order chi connectivity index (χ0) is 51.8. The Labute approximate surface area is 407 Å². The Bertz CT molecular complexity index is 2640. The van der Waals surface area contributed by atoms with E-state index in [0.717, 1.165) is 10.8 Å². The SMILES string of the molecule is CC(C)(C)[Si](C)(C)OC[C@H]1O[C@@H](n2cnc3ncn([C@@H]4O[C@H](CO[Si](C)(C)C(C)(C)C)[C@@]5(OS(=O)(=O)C=C5N)[C@H]4O[Si](C)(C)C(C)(C)C)c3c2=O)[C@H](O[Si](C)(C)C(C)(C)C)[C@]12OS(=O)(=O)C=C2N. The van der Waals surface area contributed by atoms with Crippen molar-refractivity contribution in [2.45, 2.75) is 204 Å². The predicted octanol–water partition coefficient (Wildman–Crippen LogP) is 7.01. The normalized spacial score (nSPS) is 30.5. The highest BCUT2D eigenvalue weighted by Gasteiger charge is 2.69. The van der Waals surface area contributed by atoms with E-state index in [-0.39, 0.29) is 45.8 Å². The molecule has 2 aromatic heterocycles. The van der Waals surface area contributed by atoms with Crippen LogP contribution in [-0.4, -0.2) is 118 Å². The van der Waals surface area contributed by atoms with Gasteiger partial charge >= 0.3 is 0 Å². The molecule has 0 aliphatic carbocycles. The van der Waals surface area contributed by atoms with E-state index in [9.17, 15) is 16.8 Å². The first-order chi connectivity index (χ1) is 30.4. The highest BCUT2D eigenvalue weighted by molar-refractivity contribution is 7.90. The molecule has 386 valence electrons. The van der Waals surface area contributed by atoms with Crippen LogP contribution in [0.25, 0.3) is 11.2 Å². The molecule has 8 atom stereocenters. The van der Waals surface area contributed by atoms with Crippen LogP contribution in [-0.2, 0) is 55.8 Å². The second kappa shape index (κ2) is 17.0. The molecule has 4 aliphatic heterocycles. The Morgan fingerprint density at radius 2 is 0.912 bits per heavy atom. The molecule has 2 spiro atoms. The first-order valence-electron chi connectivity index (χ1n) is 23.1. The maximum absolute atomic E-state index is 15.5. The van der Waals surface area contributed by atoms with Gasteiger partial charge in [-0.15, -0.1) is 0 Å². The summed E-state index contributed by atoms with van der Waals surface area (Å²) >= 11 is 0. The maximum atomic E-state index is 15.5. The molecular weight excluding hydrogens is 985 g/mol. The van der Waals surface area contributed by atoms with Crippen molar-refractivity contribution in [2.75, 3.05) is 13.2 Å². The van der Waals surface area contributed by atoms with Gasteiger partial charge in [0.05, 0.1) is 35.4 Å². The van der Waals surface area contributed by atoms with E-state index in [1.807, 2.05) is 67.7 Å². The molecule has 68 heavy (non-hydrogen) atoms. The van der Waals surface area contributed by atoms with Gasteiger partial charge in [0.15, 0.2) is 68.1 Å². The average molecular weight is 1060 g/mol. The van der Waals surface area contributed by atoms with Gasteiger partial charge in [0.2, 0.25) is 0 Å². The van der Waals surface area contributed by atoms with Gasteiger partial charge in [-0.25, -0.2) is 18.3 Å². The highest BCUT2D eigenvalue weighted by Crippen LogP contribution is 2.55. The monoisotopic (exact) mass is 1060 g/mol. The van der Waals surface area contributed by atoms with Gasteiger partial charge in [0.25, 0.3) is 25.8 Å². The van der Waals surface area contributed by atoms with Crippen molar-refractivity contribution in [1.29, 1.82) is 0 Å². The van der Waals surface area contributed by atoms with Crippen LogP contribution in [0.2, 0.25) is 72.5 Å². The summed E-state index contributed by atoms with van der Waals surface area (Å²) in [5.41, 5.74) is 8.65. The molecule has 25 heteroatoms. The lowest BCUT2D eigenvalue weighted by Gasteiger charge is -2.44. The van der Waals surface area contributed by atoms with E-state index in [4.69, 9.17) is 47.0 Å². The summed E-state index contributed by atoms with van der Waals surface area (Å²) in [4.78, 5) is 24.8. The third-order valence-electron chi connectivity index (χ3n) is 16.2. The summed E-state index contributed by atoms with van der Waals surface area (Å²) in [5, 5.41) is 0.469. The van der Waals surface area contributed by atoms with Gasteiger partial charge in [-0.3, -0.25) is 13.9 Å². The quantitative estimate of drug-likeness (QED) is 0.160. The molecule has 0 aromatic carbocycles. The molecule has 0 bridgehead atoms. The van der Waals surface area contributed by atoms with Crippen LogP contribution >= 0.6 is 0 Å². The molecule has 4 N–H and O–H groups in total. The fourth-order valence-corrected chi connectivity index (χ4v) is 14.8. The fraction of sp³-hybridized carbons (Fsp3) is 0.791. The molecule has 2 saturated heterocycles. The first-order valence-corrected chi connectivity index (χ1v) is 37.7. The smallest absolute Gasteiger partial charge is 0.292 e. The van der Waals surface area contributed by atoms with E-state index < -0.39 is 117 Å². The molecule has 0 radical (unpaired) electrons. The van der Waals surface area contributed by atoms with E-state index in [0.29, 0.717) is 0 Å². The molecule has 2 fully saturated rings. The van der Waals surface area contributed by atoms with Crippen molar-refractivity contribution in [3.63, 3.8) is 0 Å². The third kappa shape index (κ3) is 9.40. The Balaban J connectivity index is 1.58. The molecule has 0 saturated carbocycles. The van der Waals surface area contributed by atoms with E-state index >= 15 is 4.79 Å². The number of imidazole rings is 1. The minimum Gasteiger partial charge on any atom is -0.414 e. The molecule has 2 aromatic rings. The lowest BCUT2D eigenvalue weighted by molar-refractivity contribution is -0.0567. The van der Waals surface area contributed by atoms with E-state index in [1.54, 1.807) is 0 Å². The first kappa shape index (κ1) is 55.2. The lowest BCUT2D eigenvalue weighted by Crippen LogP contribution is -2.59. The molecule has 0 amide bonds. The fourth-order valence-electron chi connectivity index (χ4n) is 7.75. The zero-order valence-corrected chi connectivity index (χ0v) is 49.4. The van der Waals surface area contributed by atoms with Crippen molar-refractivity contribution in [3.8, 4) is 0 Å². The summed E-state index contributed by atoms with van der Waals surface area (Å²) in [5.74, 6) is 0. The Kier molecular flexibility index (Phi) is 13.8. The van der Waals surface area contributed by atoms with Gasteiger partial charge in [-0.2, -0.15) is 16.8 Å². The van der Waals surface area contributed by atoms with E-state index in [2.05, 4.69) is 77.7 Å². The predicted molar refractivity (Wildman–Crippen MR) is 270 cm³/mol. The largest absolute Gasteiger partial charge is 0.414 e. The highest BCUT2D eigenvalue weighted by atomic mass is 32.2. The summed E-state index contributed by atoms with van der Waals surface area (Å²) in [7, 11) is -19.5. The Morgan fingerprint density at radius 3 is 1.22 bits per heavy atom. The van der Waals surface area contributed by atoms with Crippen molar-refractivity contribution in [1.82, 2.24) is 19.1 Å². The van der Waals surface area contributed by atoms with Crippen LogP contribution < -0.4 is 17.0 Å². The number of ether oxygens (including phenoxy) is 2. The van der Waals surface area contributed by atoms with Crippen LogP contribution in [0, 0.1) is 0 Å². The van der Waals surface area contributed by atoms with Crippen LogP contribution in [0.5, 0.6) is 0 Å². The van der Waals surface area contributed by atoms with Crippen LogP contribution in [0.4, 0.5) is 0 Å². The van der Waals surface area contributed by atoms with Crippen molar-refractivity contribution in [2.24, 2.45) is 11.5 Å². The number of hydrogen-bond donors (Lipinski definition) is 2. The summed E-state index contributed by atoms with van der Waals surface area (Å²) in [6, 6.07) is 0. The van der Waals surface area contributed by atoms with Gasteiger partial charge < -0.3 is 38.6 Å².